The van der Waals surface area contributed by atoms with E-state index in [-0.39, 0.29) is 0 Å². The molecule has 0 aromatic heterocycles. The first-order valence-electron chi connectivity index (χ1n) is 4.67. The molecule has 0 bridgehead atoms. The van der Waals surface area contributed by atoms with Gasteiger partial charge in [-0.1, -0.05) is 31.6 Å². The Balaban J connectivity index is 3.84. The van der Waals surface area contributed by atoms with Crippen LogP contribution in [0.15, 0.2) is 23.8 Å². The Bertz CT molecular complexity index is 154. The molecular formula is C11H21N. The summed E-state index contributed by atoms with van der Waals surface area (Å²) >= 11 is 0. The van der Waals surface area contributed by atoms with Gasteiger partial charge in [0.25, 0.3) is 0 Å². The molecule has 0 amide bonds. The molecule has 0 saturated heterocycles. The molecule has 0 fully saturated rings. The molecule has 0 spiro atoms. The summed E-state index contributed by atoms with van der Waals surface area (Å²) in [5, 5.41) is 0. The van der Waals surface area contributed by atoms with Crippen LogP contribution in [0.1, 0.15) is 26.7 Å². The summed E-state index contributed by atoms with van der Waals surface area (Å²) in [7, 11) is 4.19. The van der Waals surface area contributed by atoms with Gasteiger partial charge in [-0.05, 0) is 33.0 Å². The van der Waals surface area contributed by atoms with Gasteiger partial charge in [0.05, 0.1) is 0 Å². The zero-order valence-corrected chi connectivity index (χ0v) is 8.80. The van der Waals surface area contributed by atoms with Crippen LogP contribution in [0.4, 0.5) is 0 Å². The highest BCUT2D eigenvalue weighted by atomic mass is 15.0. The molecule has 0 radical (unpaired) electrons. The Morgan fingerprint density at radius 3 is 2.42 bits per heavy atom. The van der Waals surface area contributed by atoms with Crippen LogP contribution < -0.4 is 0 Å². The summed E-state index contributed by atoms with van der Waals surface area (Å²) in [5.41, 5.74) is 1.40. The molecule has 0 N–H and O–H groups in total. The van der Waals surface area contributed by atoms with Crippen LogP contribution in [0.2, 0.25) is 0 Å². The molecule has 0 saturated carbocycles. The molecule has 0 aliphatic heterocycles. The van der Waals surface area contributed by atoms with Crippen LogP contribution in [0.3, 0.4) is 0 Å². The van der Waals surface area contributed by atoms with Crippen LogP contribution in [0.25, 0.3) is 0 Å². The normalized spacial score (nSPS) is 13.2. The lowest BCUT2D eigenvalue weighted by Crippen LogP contribution is -2.14. The van der Waals surface area contributed by atoms with E-state index in [1.165, 1.54) is 18.4 Å². The van der Waals surface area contributed by atoms with Crippen molar-refractivity contribution in [3.05, 3.63) is 23.8 Å². The molecule has 0 aromatic carbocycles. The lowest BCUT2D eigenvalue weighted by atomic mass is 10.2. The second-order valence-corrected chi connectivity index (χ2v) is 3.29. The van der Waals surface area contributed by atoms with Crippen molar-refractivity contribution in [3.8, 4) is 0 Å². The first-order chi connectivity index (χ1) is 5.70. The predicted molar refractivity (Wildman–Crippen MR) is 56.4 cm³/mol. The minimum Gasteiger partial charge on any atom is -0.305 e. The van der Waals surface area contributed by atoms with Gasteiger partial charge < -0.3 is 4.90 Å². The Hall–Kier alpha value is -0.560. The third kappa shape index (κ3) is 6.17. The summed E-state index contributed by atoms with van der Waals surface area (Å²) in [5.74, 6) is 0. The summed E-state index contributed by atoms with van der Waals surface area (Å²) in [6, 6.07) is 0. The maximum absolute atomic E-state index is 2.25. The Morgan fingerprint density at radius 2 is 2.00 bits per heavy atom. The van der Waals surface area contributed by atoms with Crippen LogP contribution in [0.5, 0.6) is 0 Å². The van der Waals surface area contributed by atoms with E-state index in [0.29, 0.717) is 0 Å². The molecule has 1 heteroatoms. The van der Waals surface area contributed by atoms with Crippen molar-refractivity contribution in [3.63, 3.8) is 0 Å². The van der Waals surface area contributed by atoms with Gasteiger partial charge in [-0.25, -0.2) is 0 Å². The average molecular weight is 167 g/mol. The van der Waals surface area contributed by atoms with Crippen LogP contribution in [-0.2, 0) is 0 Å². The number of allylic oxidation sites excluding steroid dienone is 2. The standard InChI is InChI=1S/C11H21N/c1-5-7-8-9-11(6-2)10-12(3)4/h6,8-9H,5,7,10H2,1-4H3/b9-8-,11-6+. The molecule has 70 valence electrons. The molecule has 0 aromatic rings. The monoisotopic (exact) mass is 167 g/mol. The van der Waals surface area contributed by atoms with Gasteiger partial charge >= 0.3 is 0 Å². The van der Waals surface area contributed by atoms with Crippen LogP contribution in [-0.4, -0.2) is 25.5 Å². The van der Waals surface area contributed by atoms with E-state index in [0.717, 1.165) is 6.54 Å². The van der Waals surface area contributed by atoms with E-state index in [1.807, 2.05) is 0 Å². The summed E-state index contributed by atoms with van der Waals surface area (Å²) in [6.45, 7) is 5.33. The highest BCUT2D eigenvalue weighted by molar-refractivity contribution is 5.19. The smallest absolute Gasteiger partial charge is 0.0224 e. The third-order valence-electron chi connectivity index (χ3n) is 1.66. The summed E-state index contributed by atoms with van der Waals surface area (Å²) < 4.78 is 0. The van der Waals surface area contributed by atoms with Gasteiger partial charge in [0.15, 0.2) is 0 Å². The van der Waals surface area contributed by atoms with Crippen LogP contribution >= 0.6 is 0 Å². The van der Waals surface area contributed by atoms with Gasteiger partial charge in [0.2, 0.25) is 0 Å². The second-order valence-electron chi connectivity index (χ2n) is 3.29. The van der Waals surface area contributed by atoms with E-state index >= 15 is 0 Å². The Kier molecular flexibility index (Phi) is 6.78. The SMILES string of the molecule is C/C=C(\C=C/CCC)CN(C)C. The van der Waals surface area contributed by atoms with E-state index in [4.69, 9.17) is 0 Å². The topological polar surface area (TPSA) is 3.24 Å². The van der Waals surface area contributed by atoms with Gasteiger partial charge in [-0.2, -0.15) is 0 Å². The predicted octanol–water partition coefficient (Wildman–Crippen LogP) is 2.85. The van der Waals surface area contributed by atoms with Crippen molar-refractivity contribution in [2.24, 2.45) is 0 Å². The van der Waals surface area contributed by atoms with Crippen molar-refractivity contribution in [2.75, 3.05) is 20.6 Å². The van der Waals surface area contributed by atoms with Crippen LogP contribution in [0, 0.1) is 0 Å². The lowest BCUT2D eigenvalue weighted by molar-refractivity contribution is 0.448. The van der Waals surface area contributed by atoms with Gasteiger partial charge in [0, 0.05) is 6.54 Å². The Morgan fingerprint density at radius 1 is 1.33 bits per heavy atom. The number of hydrogen-bond donors (Lipinski definition) is 0. The molecule has 0 unspecified atom stereocenters. The minimum absolute atomic E-state index is 1.04. The van der Waals surface area contributed by atoms with Crippen molar-refractivity contribution >= 4 is 0 Å². The molecular weight excluding hydrogens is 146 g/mol. The fraction of sp³-hybridized carbons (Fsp3) is 0.636. The molecule has 12 heavy (non-hydrogen) atoms. The van der Waals surface area contributed by atoms with Crippen molar-refractivity contribution in [2.45, 2.75) is 26.7 Å². The number of nitrogens with zero attached hydrogens (tertiary/aromatic N) is 1. The number of rotatable bonds is 5. The molecule has 0 aliphatic rings. The van der Waals surface area contributed by atoms with Gasteiger partial charge in [0.1, 0.15) is 0 Å². The highest BCUT2D eigenvalue weighted by Crippen LogP contribution is 2.00. The minimum atomic E-state index is 1.04. The lowest BCUT2D eigenvalue weighted by Gasteiger charge is -2.09. The maximum atomic E-state index is 2.25. The first-order valence-corrected chi connectivity index (χ1v) is 4.67. The number of hydrogen-bond acceptors (Lipinski definition) is 1. The average Bonchev–Trinajstić information content (AvgIpc) is 2.02. The van der Waals surface area contributed by atoms with E-state index in [9.17, 15) is 0 Å². The third-order valence-corrected chi connectivity index (χ3v) is 1.66. The molecule has 1 nitrogen and oxygen atoms in total. The highest BCUT2D eigenvalue weighted by Gasteiger charge is 1.92. The largest absolute Gasteiger partial charge is 0.305 e. The maximum Gasteiger partial charge on any atom is 0.0224 e. The molecule has 0 aliphatic carbocycles. The summed E-state index contributed by atoms with van der Waals surface area (Å²) in [4.78, 5) is 2.19. The second kappa shape index (κ2) is 7.11. The quantitative estimate of drug-likeness (QED) is 0.569. The Labute approximate surface area is 76.8 Å². The molecule has 0 rings (SSSR count). The first kappa shape index (κ1) is 11.4. The fourth-order valence-corrected chi connectivity index (χ4v) is 1.01. The molecule has 0 heterocycles. The van der Waals surface area contributed by atoms with E-state index < -0.39 is 0 Å². The van der Waals surface area contributed by atoms with Gasteiger partial charge in [-0.15, -0.1) is 0 Å². The zero-order valence-electron chi connectivity index (χ0n) is 8.80. The molecule has 0 atom stereocenters. The van der Waals surface area contributed by atoms with Crippen molar-refractivity contribution in [1.82, 2.24) is 4.90 Å². The van der Waals surface area contributed by atoms with Crippen molar-refractivity contribution < 1.29 is 0 Å². The van der Waals surface area contributed by atoms with E-state index in [1.54, 1.807) is 0 Å². The number of likely N-dealkylation sites (N-methyl/N-ethyl adjacent to an activating group) is 1. The van der Waals surface area contributed by atoms with Gasteiger partial charge in [-0.3, -0.25) is 0 Å². The zero-order chi connectivity index (χ0) is 9.40. The fourth-order valence-electron chi connectivity index (χ4n) is 1.01. The van der Waals surface area contributed by atoms with Crippen molar-refractivity contribution in [1.29, 1.82) is 0 Å². The van der Waals surface area contributed by atoms with E-state index in [2.05, 4.69) is 51.1 Å². The summed E-state index contributed by atoms with van der Waals surface area (Å²) in [6.07, 6.45) is 9.06. The number of unbranched alkanes of at least 4 members (excludes halogenated alkanes) is 1.